The van der Waals surface area contributed by atoms with E-state index in [0.717, 1.165) is 19.4 Å². The molecule has 1 heterocycles. The van der Waals surface area contributed by atoms with Crippen molar-refractivity contribution >= 4 is 0 Å². The van der Waals surface area contributed by atoms with Gasteiger partial charge in [0.15, 0.2) is 0 Å². The average molecular weight is 180 g/mol. The minimum Gasteiger partial charge on any atom is -0.295 e. The van der Waals surface area contributed by atoms with Crippen molar-refractivity contribution in [1.29, 1.82) is 5.26 Å². The van der Waals surface area contributed by atoms with E-state index in [4.69, 9.17) is 5.26 Å². The van der Waals surface area contributed by atoms with E-state index in [0.29, 0.717) is 6.04 Å². The highest BCUT2D eigenvalue weighted by Crippen LogP contribution is 2.31. The molecule has 0 aromatic carbocycles. The molecule has 0 aromatic rings. The first-order chi connectivity index (χ1) is 5.97. The van der Waals surface area contributed by atoms with Gasteiger partial charge in [0.2, 0.25) is 0 Å². The van der Waals surface area contributed by atoms with Gasteiger partial charge in [0.25, 0.3) is 0 Å². The molecule has 0 bridgehead atoms. The molecule has 0 amide bonds. The second-order valence-corrected chi connectivity index (χ2v) is 4.92. The normalized spacial score (nSPS) is 28.8. The van der Waals surface area contributed by atoms with Crippen LogP contribution < -0.4 is 0 Å². The Kier molecular flexibility index (Phi) is 2.98. The fourth-order valence-electron chi connectivity index (χ4n) is 2.26. The highest BCUT2D eigenvalue weighted by molar-refractivity contribution is 4.97. The summed E-state index contributed by atoms with van der Waals surface area (Å²) in [7, 11) is 0. The molecule has 0 N–H and O–H groups in total. The van der Waals surface area contributed by atoms with Gasteiger partial charge in [0.05, 0.1) is 12.0 Å². The number of nitriles is 1. The number of hydrogen-bond acceptors (Lipinski definition) is 2. The molecular weight excluding hydrogens is 160 g/mol. The molecule has 2 heteroatoms. The van der Waals surface area contributed by atoms with Crippen molar-refractivity contribution in [3.8, 4) is 6.07 Å². The third kappa shape index (κ3) is 2.22. The van der Waals surface area contributed by atoms with Gasteiger partial charge in [-0.2, -0.15) is 5.26 Å². The summed E-state index contributed by atoms with van der Waals surface area (Å²) in [4.78, 5) is 2.45. The Balaban J connectivity index is 2.70. The summed E-state index contributed by atoms with van der Waals surface area (Å²) < 4.78 is 0. The lowest BCUT2D eigenvalue weighted by molar-refractivity contribution is 0.0312. The molecule has 1 unspecified atom stereocenters. The molecule has 0 spiro atoms. The lowest BCUT2D eigenvalue weighted by Crippen LogP contribution is -2.53. The SMILES string of the molecule is CC(C)N1CC(C#N)CCC1(C)C. The standard InChI is InChI=1S/C11H20N2/c1-9(2)13-8-10(7-12)5-6-11(13,3)4/h9-10H,5-6,8H2,1-4H3. The van der Waals surface area contributed by atoms with Crippen molar-refractivity contribution in [3.05, 3.63) is 0 Å². The van der Waals surface area contributed by atoms with Crippen LogP contribution >= 0.6 is 0 Å². The average Bonchev–Trinajstić information content (AvgIpc) is 2.03. The molecule has 0 radical (unpaired) electrons. The second kappa shape index (κ2) is 3.67. The van der Waals surface area contributed by atoms with Crippen molar-refractivity contribution in [1.82, 2.24) is 4.90 Å². The molecule has 1 atom stereocenters. The van der Waals surface area contributed by atoms with Crippen LogP contribution in [0, 0.1) is 17.2 Å². The van der Waals surface area contributed by atoms with E-state index in [1.807, 2.05) is 0 Å². The summed E-state index contributed by atoms with van der Waals surface area (Å²) in [5.74, 6) is 0.246. The van der Waals surface area contributed by atoms with Gasteiger partial charge >= 0.3 is 0 Å². The highest BCUT2D eigenvalue weighted by Gasteiger charge is 2.35. The summed E-state index contributed by atoms with van der Waals surface area (Å²) in [6.07, 6.45) is 2.20. The summed E-state index contributed by atoms with van der Waals surface area (Å²) >= 11 is 0. The molecule has 1 fully saturated rings. The van der Waals surface area contributed by atoms with E-state index in [9.17, 15) is 0 Å². The first kappa shape index (κ1) is 10.5. The minimum atomic E-state index is 0.246. The predicted octanol–water partition coefficient (Wildman–Crippen LogP) is 2.41. The monoisotopic (exact) mass is 180 g/mol. The number of likely N-dealkylation sites (tertiary alicyclic amines) is 1. The third-order valence-electron chi connectivity index (χ3n) is 3.11. The van der Waals surface area contributed by atoms with Gasteiger partial charge in [0, 0.05) is 18.1 Å². The zero-order valence-corrected chi connectivity index (χ0v) is 9.17. The Morgan fingerprint density at radius 2 is 2.08 bits per heavy atom. The second-order valence-electron chi connectivity index (χ2n) is 4.92. The van der Waals surface area contributed by atoms with Crippen molar-refractivity contribution < 1.29 is 0 Å². The molecule has 74 valence electrons. The van der Waals surface area contributed by atoms with Crippen LogP contribution in [0.4, 0.5) is 0 Å². The molecule has 13 heavy (non-hydrogen) atoms. The van der Waals surface area contributed by atoms with Crippen molar-refractivity contribution in [2.75, 3.05) is 6.54 Å². The largest absolute Gasteiger partial charge is 0.295 e. The molecule has 1 saturated heterocycles. The van der Waals surface area contributed by atoms with Crippen LogP contribution in [0.15, 0.2) is 0 Å². The topological polar surface area (TPSA) is 27.0 Å². The zero-order chi connectivity index (χ0) is 10.1. The van der Waals surface area contributed by atoms with Gasteiger partial charge in [-0.1, -0.05) is 0 Å². The van der Waals surface area contributed by atoms with E-state index >= 15 is 0 Å². The fraction of sp³-hybridized carbons (Fsp3) is 0.909. The Morgan fingerprint density at radius 1 is 1.46 bits per heavy atom. The summed E-state index contributed by atoms with van der Waals surface area (Å²) in [5, 5.41) is 8.88. The van der Waals surface area contributed by atoms with E-state index in [1.165, 1.54) is 0 Å². The van der Waals surface area contributed by atoms with Crippen molar-refractivity contribution in [3.63, 3.8) is 0 Å². The predicted molar refractivity (Wildman–Crippen MR) is 54.3 cm³/mol. The maximum absolute atomic E-state index is 8.88. The fourth-order valence-corrected chi connectivity index (χ4v) is 2.26. The van der Waals surface area contributed by atoms with Crippen LogP contribution in [-0.4, -0.2) is 23.0 Å². The summed E-state index contributed by atoms with van der Waals surface area (Å²) in [6, 6.07) is 2.93. The van der Waals surface area contributed by atoms with Gasteiger partial charge in [-0.25, -0.2) is 0 Å². The van der Waals surface area contributed by atoms with Gasteiger partial charge in [-0.3, -0.25) is 4.90 Å². The number of nitrogens with zero attached hydrogens (tertiary/aromatic N) is 2. The maximum Gasteiger partial charge on any atom is 0.0669 e. The molecule has 0 saturated carbocycles. The lowest BCUT2D eigenvalue weighted by atomic mass is 9.84. The highest BCUT2D eigenvalue weighted by atomic mass is 15.2. The third-order valence-corrected chi connectivity index (χ3v) is 3.11. The lowest BCUT2D eigenvalue weighted by Gasteiger charge is -2.46. The van der Waals surface area contributed by atoms with Crippen LogP contribution in [0.5, 0.6) is 0 Å². The van der Waals surface area contributed by atoms with Gasteiger partial charge in [-0.15, -0.1) is 0 Å². The van der Waals surface area contributed by atoms with Crippen LogP contribution in [0.25, 0.3) is 0 Å². The molecular formula is C11H20N2. The quantitative estimate of drug-likeness (QED) is 0.619. The van der Waals surface area contributed by atoms with Gasteiger partial charge in [0.1, 0.15) is 0 Å². The first-order valence-corrected chi connectivity index (χ1v) is 5.14. The maximum atomic E-state index is 8.88. The summed E-state index contributed by atoms with van der Waals surface area (Å²) in [5.41, 5.74) is 0.279. The molecule has 0 aromatic heterocycles. The molecule has 2 nitrogen and oxygen atoms in total. The van der Waals surface area contributed by atoms with Crippen LogP contribution in [0.2, 0.25) is 0 Å². The van der Waals surface area contributed by atoms with E-state index in [2.05, 4.69) is 38.7 Å². The molecule has 0 aliphatic carbocycles. The number of rotatable bonds is 1. The Hall–Kier alpha value is -0.550. The number of piperidine rings is 1. The summed E-state index contributed by atoms with van der Waals surface area (Å²) in [6.45, 7) is 9.92. The van der Waals surface area contributed by atoms with E-state index in [1.54, 1.807) is 0 Å². The van der Waals surface area contributed by atoms with Crippen molar-refractivity contribution in [2.45, 2.75) is 52.1 Å². The van der Waals surface area contributed by atoms with Crippen LogP contribution in [0.1, 0.15) is 40.5 Å². The zero-order valence-electron chi connectivity index (χ0n) is 9.17. The Morgan fingerprint density at radius 3 is 2.54 bits per heavy atom. The first-order valence-electron chi connectivity index (χ1n) is 5.14. The van der Waals surface area contributed by atoms with Crippen LogP contribution in [0.3, 0.4) is 0 Å². The van der Waals surface area contributed by atoms with Crippen LogP contribution in [-0.2, 0) is 0 Å². The Labute approximate surface area is 81.5 Å². The number of hydrogen-bond donors (Lipinski definition) is 0. The van der Waals surface area contributed by atoms with E-state index in [-0.39, 0.29) is 11.5 Å². The molecule has 1 aliphatic heterocycles. The molecule has 1 rings (SSSR count). The van der Waals surface area contributed by atoms with E-state index < -0.39 is 0 Å². The molecule has 1 aliphatic rings. The minimum absolute atomic E-state index is 0.246. The Bertz CT molecular complexity index is 213. The van der Waals surface area contributed by atoms with Gasteiger partial charge in [-0.05, 0) is 40.5 Å². The van der Waals surface area contributed by atoms with Gasteiger partial charge < -0.3 is 0 Å². The smallest absolute Gasteiger partial charge is 0.0669 e. The van der Waals surface area contributed by atoms with Crippen molar-refractivity contribution in [2.24, 2.45) is 5.92 Å².